The number of ether oxygens (including phenoxy) is 1. The highest BCUT2D eigenvalue weighted by Crippen LogP contribution is 2.29. The van der Waals surface area contributed by atoms with Crippen molar-refractivity contribution in [2.24, 2.45) is 0 Å². The summed E-state index contributed by atoms with van der Waals surface area (Å²) in [6, 6.07) is 3.89. The van der Waals surface area contributed by atoms with Crippen molar-refractivity contribution in [2.75, 3.05) is 5.32 Å². The molecule has 0 aliphatic carbocycles. The van der Waals surface area contributed by atoms with Gasteiger partial charge in [0.2, 0.25) is 5.91 Å². The molecule has 112 valence electrons. The first-order valence-electron chi connectivity index (χ1n) is 6.93. The number of nitrogens with one attached hydrogen (secondary N) is 1. The molecule has 0 aliphatic heterocycles. The van der Waals surface area contributed by atoms with Crippen LogP contribution in [-0.4, -0.2) is 16.3 Å². The van der Waals surface area contributed by atoms with E-state index >= 15 is 0 Å². The van der Waals surface area contributed by atoms with Gasteiger partial charge in [-0.1, -0.05) is 22.9 Å². The number of carbonyl (C=O) groups excluding carboxylic acids is 1. The van der Waals surface area contributed by atoms with Crippen molar-refractivity contribution >= 4 is 27.5 Å². The predicted octanol–water partition coefficient (Wildman–Crippen LogP) is 4.59. The molecule has 0 aromatic heterocycles. The number of amides is 1. The summed E-state index contributed by atoms with van der Waals surface area (Å²) in [7, 11) is 0. The first-order valence-corrected chi connectivity index (χ1v) is 7.72. The summed E-state index contributed by atoms with van der Waals surface area (Å²) in [5.74, 6) is 0.849. The van der Waals surface area contributed by atoms with Crippen LogP contribution in [0.2, 0.25) is 0 Å². The second-order valence-corrected chi connectivity index (χ2v) is 7.68. The Morgan fingerprint density at radius 2 is 1.85 bits per heavy atom. The summed E-state index contributed by atoms with van der Waals surface area (Å²) >= 11 is 3.36. The molecule has 0 bridgehead atoms. The lowest BCUT2D eigenvalue weighted by molar-refractivity contribution is -0.117. The van der Waals surface area contributed by atoms with Crippen molar-refractivity contribution in [1.29, 1.82) is 0 Å². The van der Waals surface area contributed by atoms with Crippen molar-refractivity contribution in [3.63, 3.8) is 0 Å². The highest BCUT2D eigenvalue weighted by Gasteiger charge is 2.24. The normalized spacial score (nSPS) is 12.9. The van der Waals surface area contributed by atoms with E-state index in [9.17, 15) is 4.79 Å². The maximum atomic E-state index is 12.0. The minimum Gasteiger partial charge on any atom is -0.490 e. The Morgan fingerprint density at radius 3 is 2.25 bits per heavy atom. The van der Waals surface area contributed by atoms with Crippen LogP contribution in [0, 0.1) is 13.8 Å². The van der Waals surface area contributed by atoms with Crippen LogP contribution in [0.15, 0.2) is 12.1 Å². The molecule has 0 saturated carbocycles. The van der Waals surface area contributed by atoms with Gasteiger partial charge in [0.15, 0.2) is 0 Å². The van der Waals surface area contributed by atoms with Crippen LogP contribution in [0.1, 0.15) is 45.2 Å². The van der Waals surface area contributed by atoms with Gasteiger partial charge in [0, 0.05) is 5.69 Å². The molecule has 0 heterocycles. The molecule has 1 N–H and O–H groups in total. The van der Waals surface area contributed by atoms with E-state index in [-0.39, 0.29) is 12.0 Å². The zero-order valence-electron chi connectivity index (χ0n) is 13.1. The minimum absolute atomic E-state index is 0.0631. The van der Waals surface area contributed by atoms with E-state index in [0.717, 1.165) is 29.0 Å². The Morgan fingerprint density at radius 1 is 1.35 bits per heavy atom. The molecule has 1 amide bonds. The fourth-order valence-corrected chi connectivity index (χ4v) is 1.87. The molecule has 3 nitrogen and oxygen atoms in total. The Kier molecular flexibility index (Phi) is 5.63. The molecule has 20 heavy (non-hydrogen) atoms. The maximum Gasteiger partial charge on any atom is 0.240 e. The lowest BCUT2D eigenvalue weighted by Crippen LogP contribution is -2.31. The van der Waals surface area contributed by atoms with E-state index < -0.39 is 4.32 Å². The van der Waals surface area contributed by atoms with Crippen molar-refractivity contribution in [3.05, 3.63) is 23.3 Å². The van der Waals surface area contributed by atoms with Gasteiger partial charge >= 0.3 is 0 Å². The van der Waals surface area contributed by atoms with Crippen LogP contribution in [-0.2, 0) is 4.79 Å². The largest absolute Gasteiger partial charge is 0.490 e. The number of alkyl halides is 1. The number of halogens is 1. The van der Waals surface area contributed by atoms with Crippen molar-refractivity contribution in [2.45, 2.75) is 58.4 Å². The third kappa shape index (κ3) is 4.51. The van der Waals surface area contributed by atoms with Crippen LogP contribution in [0.3, 0.4) is 0 Å². The molecule has 0 saturated heterocycles. The van der Waals surface area contributed by atoms with Gasteiger partial charge in [-0.25, -0.2) is 0 Å². The van der Waals surface area contributed by atoms with E-state index in [1.807, 2.05) is 39.8 Å². The maximum absolute atomic E-state index is 12.0. The number of rotatable bonds is 5. The number of carbonyl (C=O) groups is 1. The number of anilines is 1. The second-order valence-electron chi connectivity index (χ2n) is 5.70. The van der Waals surface area contributed by atoms with Crippen LogP contribution >= 0.6 is 15.9 Å². The molecule has 0 fully saturated rings. The average molecular weight is 342 g/mol. The van der Waals surface area contributed by atoms with Gasteiger partial charge < -0.3 is 10.1 Å². The number of aryl methyl sites for hydroxylation is 2. The van der Waals surface area contributed by atoms with E-state index in [0.29, 0.717) is 0 Å². The van der Waals surface area contributed by atoms with Crippen LogP contribution in [0.5, 0.6) is 5.75 Å². The van der Waals surface area contributed by atoms with Crippen molar-refractivity contribution in [1.82, 2.24) is 0 Å². The van der Waals surface area contributed by atoms with Gasteiger partial charge in [0.1, 0.15) is 5.75 Å². The van der Waals surface area contributed by atoms with Crippen LogP contribution in [0.25, 0.3) is 0 Å². The van der Waals surface area contributed by atoms with Gasteiger partial charge in [-0.05, 0) is 64.3 Å². The third-order valence-electron chi connectivity index (χ3n) is 3.15. The number of hydrogen-bond donors (Lipinski definition) is 1. The summed E-state index contributed by atoms with van der Waals surface area (Å²) < 4.78 is 5.35. The Labute approximate surface area is 130 Å². The summed E-state index contributed by atoms with van der Waals surface area (Å²) in [5, 5.41) is 2.92. The molecule has 1 aromatic carbocycles. The Bertz CT molecular complexity index is 469. The van der Waals surface area contributed by atoms with Gasteiger partial charge in [-0.2, -0.15) is 0 Å². The first-order chi connectivity index (χ1) is 9.15. The van der Waals surface area contributed by atoms with E-state index in [1.54, 1.807) is 0 Å². The Hall–Kier alpha value is -1.03. The Balaban J connectivity index is 2.96. The molecule has 0 radical (unpaired) electrons. The lowest BCUT2D eigenvalue weighted by Gasteiger charge is -2.20. The quantitative estimate of drug-likeness (QED) is 0.795. The van der Waals surface area contributed by atoms with Gasteiger partial charge in [-0.15, -0.1) is 0 Å². The SMILES string of the molecule is CC[C@@H](C)Oc1c(C)cc(NC(=O)C(C)(C)Br)cc1C. The topological polar surface area (TPSA) is 38.3 Å². The van der Waals surface area contributed by atoms with Gasteiger partial charge in [0.25, 0.3) is 0 Å². The zero-order valence-corrected chi connectivity index (χ0v) is 14.7. The van der Waals surface area contributed by atoms with Crippen molar-refractivity contribution < 1.29 is 9.53 Å². The summed E-state index contributed by atoms with van der Waals surface area (Å²) in [6.45, 7) is 11.8. The molecule has 1 rings (SSSR count). The highest BCUT2D eigenvalue weighted by atomic mass is 79.9. The summed E-state index contributed by atoms with van der Waals surface area (Å²) in [5.41, 5.74) is 2.87. The smallest absolute Gasteiger partial charge is 0.240 e. The molecule has 0 unspecified atom stereocenters. The summed E-state index contributed by atoms with van der Waals surface area (Å²) in [4.78, 5) is 12.0. The zero-order chi connectivity index (χ0) is 15.5. The standard InChI is InChI=1S/C16H24BrNO2/c1-7-12(4)20-14-10(2)8-13(9-11(14)3)18-15(19)16(5,6)17/h8-9,12H,7H2,1-6H3,(H,18,19)/t12-/m1/s1. The van der Waals surface area contributed by atoms with Crippen molar-refractivity contribution in [3.8, 4) is 5.75 Å². The number of hydrogen-bond acceptors (Lipinski definition) is 2. The summed E-state index contributed by atoms with van der Waals surface area (Å²) in [6.07, 6.45) is 1.16. The molecular formula is C16H24BrNO2. The monoisotopic (exact) mass is 341 g/mol. The third-order valence-corrected chi connectivity index (χ3v) is 3.51. The number of benzene rings is 1. The van der Waals surface area contributed by atoms with E-state index in [4.69, 9.17) is 4.74 Å². The fourth-order valence-electron chi connectivity index (χ4n) is 1.77. The van der Waals surface area contributed by atoms with Crippen LogP contribution < -0.4 is 10.1 Å². The lowest BCUT2D eigenvalue weighted by atomic mass is 10.1. The fraction of sp³-hybridized carbons (Fsp3) is 0.562. The van der Waals surface area contributed by atoms with E-state index in [2.05, 4.69) is 35.1 Å². The van der Waals surface area contributed by atoms with E-state index in [1.165, 1.54) is 0 Å². The molecule has 0 spiro atoms. The highest BCUT2D eigenvalue weighted by molar-refractivity contribution is 9.10. The average Bonchev–Trinajstić information content (AvgIpc) is 2.32. The predicted molar refractivity (Wildman–Crippen MR) is 87.9 cm³/mol. The second kappa shape index (κ2) is 6.61. The van der Waals surface area contributed by atoms with Gasteiger partial charge in [0.05, 0.1) is 10.4 Å². The molecule has 1 aromatic rings. The molecule has 4 heteroatoms. The molecule has 0 aliphatic rings. The first kappa shape index (κ1) is 17.0. The molecular weight excluding hydrogens is 318 g/mol. The van der Waals surface area contributed by atoms with Gasteiger partial charge in [-0.3, -0.25) is 4.79 Å². The van der Waals surface area contributed by atoms with Crippen LogP contribution in [0.4, 0.5) is 5.69 Å². The minimum atomic E-state index is -0.583. The molecule has 1 atom stereocenters.